The van der Waals surface area contributed by atoms with E-state index in [1.54, 1.807) is 31.2 Å². The first-order chi connectivity index (χ1) is 14.6. The molecule has 3 N–H and O–H groups in total. The zero-order valence-electron chi connectivity index (χ0n) is 17.4. The van der Waals surface area contributed by atoms with E-state index < -0.39 is 10.0 Å². The lowest BCUT2D eigenvalue weighted by Gasteiger charge is -2.17. The summed E-state index contributed by atoms with van der Waals surface area (Å²) in [7, 11) is -3.45. The molecule has 0 aliphatic rings. The second-order valence-electron chi connectivity index (χ2n) is 7.33. The van der Waals surface area contributed by atoms with E-state index in [-0.39, 0.29) is 11.9 Å². The largest absolute Gasteiger partial charge is 0.377 e. The molecule has 0 aliphatic carbocycles. The summed E-state index contributed by atoms with van der Waals surface area (Å²) in [5.41, 5.74) is 3.83. The summed E-state index contributed by atoms with van der Waals surface area (Å²) in [6.07, 6.45) is 1.06. The quantitative estimate of drug-likeness (QED) is 0.440. The molecule has 8 heteroatoms. The van der Waals surface area contributed by atoms with Crippen molar-refractivity contribution in [1.29, 1.82) is 0 Å². The number of carbonyl (C=O) groups is 1. The van der Waals surface area contributed by atoms with Gasteiger partial charge in [0.2, 0.25) is 10.0 Å². The lowest BCUT2D eigenvalue weighted by atomic mass is 10.1. The molecule has 6 nitrogen and oxygen atoms in total. The van der Waals surface area contributed by atoms with Crippen LogP contribution in [-0.4, -0.2) is 20.6 Å². The molecule has 0 bridgehead atoms. The number of carbonyl (C=O) groups excluding carboxylic acids is 1. The van der Waals surface area contributed by atoms with Gasteiger partial charge in [-0.2, -0.15) is 0 Å². The van der Waals surface area contributed by atoms with Gasteiger partial charge < -0.3 is 10.6 Å². The molecule has 0 saturated carbocycles. The van der Waals surface area contributed by atoms with Crippen molar-refractivity contribution in [2.75, 3.05) is 21.6 Å². The van der Waals surface area contributed by atoms with Crippen molar-refractivity contribution in [1.82, 2.24) is 0 Å². The van der Waals surface area contributed by atoms with Crippen LogP contribution >= 0.6 is 11.6 Å². The molecule has 0 aromatic heterocycles. The van der Waals surface area contributed by atoms with E-state index in [4.69, 9.17) is 11.6 Å². The number of hydrogen-bond acceptors (Lipinski definition) is 4. The van der Waals surface area contributed by atoms with Crippen molar-refractivity contribution in [2.45, 2.75) is 19.9 Å². The Kier molecular flexibility index (Phi) is 6.87. The SMILES string of the molecule is Cc1ccc(C(=O)Nc2ccc(NC(C)c3ccccc3)c(Cl)c2)cc1NS(C)(=O)=O. The van der Waals surface area contributed by atoms with Crippen molar-refractivity contribution in [2.24, 2.45) is 0 Å². The number of benzene rings is 3. The molecule has 1 unspecified atom stereocenters. The highest BCUT2D eigenvalue weighted by molar-refractivity contribution is 7.92. The number of nitrogens with one attached hydrogen (secondary N) is 3. The van der Waals surface area contributed by atoms with Crippen LogP contribution in [0.25, 0.3) is 0 Å². The molecule has 162 valence electrons. The standard InChI is InChI=1S/C23H24ClN3O3S/c1-15-9-10-18(13-22(15)27-31(3,29)30)23(28)26-19-11-12-21(20(24)14-19)25-16(2)17-7-5-4-6-8-17/h4-14,16,25,27H,1-3H3,(H,26,28). The predicted molar refractivity (Wildman–Crippen MR) is 128 cm³/mol. The second-order valence-corrected chi connectivity index (χ2v) is 9.49. The summed E-state index contributed by atoms with van der Waals surface area (Å²) in [5.74, 6) is -0.369. The van der Waals surface area contributed by atoms with Crippen molar-refractivity contribution >= 4 is 44.6 Å². The molecule has 3 aromatic carbocycles. The molecule has 0 fully saturated rings. The van der Waals surface area contributed by atoms with E-state index in [1.807, 2.05) is 43.3 Å². The summed E-state index contributed by atoms with van der Waals surface area (Å²) in [6, 6.07) is 20.1. The van der Waals surface area contributed by atoms with Crippen LogP contribution in [-0.2, 0) is 10.0 Å². The van der Waals surface area contributed by atoms with Gasteiger partial charge in [-0.25, -0.2) is 8.42 Å². The van der Waals surface area contributed by atoms with E-state index in [2.05, 4.69) is 15.4 Å². The van der Waals surface area contributed by atoms with E-state index in [9.17, 15) is 13.2 Å². The first kappa shape index (κ1) is 22.7. The number of amides is 1. The Morgan fingerprint density at radius 1 is 0.968 bits per heavy atom. The lowest BCUT2D eigenvalue weighted by Crippen LogP contribution is -2.15. The van der Waals surface area contributed by atoms with Gasteiger partial charge in [-0.05, 0) is 55.3 Å². The summed E-state index contributed by atoms with van der Waals surface area (Å²) in [6.45, 7) is 3.80. The Morgan fingerprint density at radius 2 is 1.68 bits per heavy atom. The van der Waals surface area contributed by atoms with Crippen molar-refractivity contribution < 1.29 is 13.2 Å². The Balaban J connectivity index is 1.72. The van der Waals surface area contributed by atoms with Gasteiger partial charge in [0.25, 0.3) is 5.91 Å². The third-order valence-corrected chi connectivity index (χ3v) is 5.60. The smallest absolute Gasteiger partial charge is 0.255 e. The van der Waals surface area contributed by atoms with E-state index >= 15 is 0 Å². The zero-order chi connectivity index (χ0) is 22.6. The second kappa shape index (κ2) is 9.41. The fraction of sp³-hybridized carbons (Fsp3) is 0.174. The molecule has 3 aromatic rings. The summed E-state index contributed by atoms with van der Waals surface area (Å²) < 4.78 is 25.5. The maximum absolute atomic E-state index is 12.7. The number of anilines is 3. The monoisotopic (exact) mass is 457 g/mol. The highest BCUT2D eigenvalue weighted by atomic mass is 35.5. The van der Waals surface area contributed by atoms with Crippen molar-refractivity contribution in [3.05, 3.63) is 88.4 Å². The Bertz CT molecular complexity index is 1200. The van der Waals surface area contributed by atoms with Gasteiger partial charge in [0.1, 0.15) is 0 Å². The van der Waals surface area contributed by atoms with Crippen LogP contribution in [0.5, 0.6) is 0 Å². The minimum Gasteiger partial charge on any atom is -0.377 e. The minimum atomic E-state index is -3.45. The van der Waals surface area contributed by atoms with Crippen molar-refractivity contribution in [3.63, 3.8) is 0 Å². The molecule has 1 amide bonds. The molecule has 0 heterocycles. The van der Waals surface area contributed by atoms with Gasteiger partial charge >= 0.3 is 0 Å². The van der Waals surface area contributed by atoms with Crippen molar-refractivity contribution in [3.8, 4) is 0 Å². The first-order valence-electron chi connectivity index (χ1n) is 9.63. The third kappa shape index (κ3) is 6.23. The highest BCUT2D eigenvalue weighted by Crippen LogP contribution is 2.29. The maximum atomic E-state index is 12.7. The molecule has 3 rings (SSSR count). The summed E-state index contributed by atoms with van der Waals surface area (Å²) in [5, 5.41) is 6.63. The average molecular weight is 458 g/mol. The summed E-state index contributed by atoms with van der Waals surface area (Å²) in [4.78, 5) is 12.7. The van der Waals surface area contributed by atoms with Gasteiger partial charge in [0.15, 0.2) is 0 Å². The van der Waals surface area contributed by atoms with Gasteiger partial charge in [-0.3, -0.25) is 9.52 Å². The van der Waals surface area contributed by atoms with Crippen LogP contribution < -0.4 is 15.4 Å². The highest BCUT2D eigenvalue weighted by Gasteiger charge is 2.13. The van der Waals surface area contributed by atoms with Crippen LogP contribution in [0.15, 0.2) is 66.7 Å². The average Bonchev–Trinajstić information content (AvgIpc) is 2.71. The Labute approximate surface area is 187 Å². The fourth-order valence-corrected chi connectivity index (χ4v) is 3.90. The molecule has 0 aliphatic heterocycles. The molecular weight excluding hydrogens is 434 g/mol. The fourth-order valence-electron chi connectivity index (χ4n) is 3.04. The van der Waals surface area contributed by atoms with E-state index in [0.717, 1.165) is 17.5 Å². The topological polar surface area (TPSA) is 87.3 Å². The lowest BCUT2D eigenvalue weighted by molar-refractivity contribution is 0.102. The number of halogens is 1. The predicted octanol–water partition coefficient (Wildman–Crippen LogP) is 5.45. The van der Waals surface area contributed by atoms with Gasteiger partial charge in [0, 0.05) is 17.3 Å². The number of sulfonamides is 1. The molecule has 1 atom stereocenters. The maximum Gasteiger partial charge on any atom is 0.255 e. The van der Waals surface area contributed by atoms with E-state index in [1.165, 1.54) is 6.07 Å². The number of aryl methyl sites for hydroxylation is 1. The Hall–Kier alpha value is -3.03. The number of rotatable bonds is 7. The van der Waals surface area contributed by atoms with Crippen LogP contribution in [0, 0.1) is 6.92 Å². The van der Waals surface area contributed by atoms with Crippen LogP contribution in [0.1, 0.15) is 34.5 Å². The summed E-state index contributed by atoms with van der Waals surface area (Å²) >= 11 is 6.42. The minimum absolute atomic E-state index is 0.0625. The van der Waals surface area contributed by atoms with Gasteiger partial charge in [-0.15, -0.1) is 0 Å². The zero-order valence-corrected chi connectivity index (χ0v) is 19.0. The van der Waals surface area contributed by atoms with E-state index in [0.29, 0.717) is 27.5 Å². The first-order valence-corrected chi connectivity index (χ1v) is 11.9. The van der Waals surface area contributed by atoms with Crippen LogP contribution in [0.4, 0.5) is 17.1 Å². The van der Waals surface area contributed by atoms with Gasteiger partial charge in [0.05, 0.1) is 22.7 Å². The third-order valence-electron chi connectivity index (χ3n) is 4.69. The molecule has 0 radical (unpaired) electrons. The molecule has 0 spiro atoms. The molecule has 0 saturated heterocycles. The van der Waals surface area contributed by atoms with Crippen LogP contribution in [0.2, 0.25) is 5.02 Å². The van der Waals surface area contributed by atoms with Crippen LogP contribution in [0.3, 0.4) is 0 Å². The number of hydrogen-bond donors (Lipinski definition) is 3. The van der Waals surface area contributed by atoms with Gasteiger partial charge in [-0.1, -0.05) is 48.0 Å². The molecular formula is C23H24ClN3O3S. The normalized spacial score (nSPS) is 12.1. The Morgan fingerprint density at radius 3 is 2.32 bits per heavy atom. The molecule has 31 heavy (non-hydrogen) atoms.